The van der Waals surface area contributed by atoms with E-state index in [1.165, 1.54) is 15.3 Å². The van der Waals surface area contributed by atoms with Crippen molar-refractivity contribution in [1.29, 1.82) is 0 Å². The van der Waals surface area contributed by atoms with Gasteiger partial charge in [0, 0.05) is 28.9 Å². The van der Waals surface area contributed by atoms with Crippen LogP contribution in [-0.2, 0) is 17.1 Å². The van der Waals surface area contributed by atoms with E-state index in [9.17, 15) is 0 Å². The maximum Gasteiger partial charge on any atom is 0.148 e. The normalized spacial score (nSPS) is 10.9. The van der Waals surface area contributed by atoms with Gasteiger partial charge in [-0.15, -0.1) is 23.1 Å². The van der Waals surface area contributed by atoms with Crippen molar-refractivity contribution in [1.82, 2.24) is 0 Å². The summed E-state index contributed by atoms with van der Waals surface area (Å²) in [6.07, 6.45) is 1.82. The molecule has 1 aromatic carbocycles. The first-order valence-corrected chi connectivity index (χ1v) is 8.55. The van der Waals surface area contributed by atoms with Crippen LogP contribution >= 0.6 is 23.1 Å². The van der Waals surface area contributed by atoms with Gasteiger partial charge in [-0.05, 0) is 23.6 Å². The Bertz CT molecular complexity index is 672. The first-order valence-electron chi connectivity index (χ1n) is 6.68. The average Bonchev–Trinajstić information content (AvgIpc) is 3.16. The third-order valence-electron chi connectivity index (χ3n) is 3.15. The van der Waals surface area contributed by atoms with Crippen molar-refractivity contribution in [3.8, 4) is 10.6 Å². The summed E-state index contributed by atoms with van der Waals surface area (Å²) in [6.45, 7) is 0.583. The zero-order valence-corrected chi connectivity index (χ0v) is 13.4. The second kappa shape index (κ2) is 6.98. The standard InChI is InChI=1S/C17H16O2S2/c1-18-10-13-11-19-17(16-8-5-9-20-16)15(13)12-21-14-6-3-2-4-7-14/h2-9,11H,10,12H2,1H3. The lowest BCUT2D eigenvalue weighted by Gasteiger charge is -2.05. The molecule has 0 amide bonds. The van der Waals surface area contributed by atoms with Crippen LogP contribution in [0.25, 0.3) is 10.6 Å². The van der Waals surface area contributed by atoms with Crippen LogP contribution in [0.15, 0.2) is 63.4 Å². The highest BCUT2D eigenvalue weighted by molar-refractivity contribution is 7.98. The molecule has 0 radical (unpaired) electrons. The molecule has 0 atom stereocenters. The van der Waals surface area contributed by atoms with E-state index in [2.05, 4.69) is 35.7 Å². The molecule has 3 aromatic rings. The van der Waals surface area contributed by atoms with Gasteiger partial charge in [-0.3, -0.25) is 0 Å². The number of rotatable bonds is 6. The molecule has 3 rings (SSSR count). The molecule has 2 aromatic heterocycles. The predicted octanol–water partition coefficient (Wildman–Crippen LogP) is 5.45. The molecule has 0 spiro atoms. The van der Waals surface area contributed by atoms with Crippen molar-refractivity contribution < 1.29 is 9.15 Å². The lowest BCUT2D eigenvalue weighted by atomic mass is 10.1. The Morgan fingerprint density at radius 2 is 2.00 bits per heavy atom. The highest BCUT2D eigenvalue weighted by Crippen LogP contribution is 2.35. The fourth-order valence-corrected chi connectivity index (χ4v) is 3.86. The van der Waals surface area contributed by atoms with Crippen molar-refractivity contribution in [3.05, 3.63) is 65.2 Å². The molecule has 4 heteroatoms. The van der Waals surface area contributed by atoms with Crippen molar-refractivity contribution in [3.63, 3.8) is 0 Å². The molecule has 2 nitrogen and oxygen atoms in total. The van der Waals surface area contributed by atoms with Gasteiger partial charge in [-0.2, -0.15) is 0 Å². The van der Waals surface area contributed by atoms with Gasteiger partial charge in [0.25, 0.3) is 0 Å². The minimum absolute atomic E-state index is 0.583. The number of furan rings is 1. The maximum absolute atomic E-state index is 5.80. The third kappa shape index (κ3) is 3.40. The molecular weight excluding hydrogens is 300 g/mol. The second-order valence-electron chi connectivity index (χ2n) is 4.58. The molecule has 108 valence electrons. The van der Waals surface area contributed by atoms with Crippen molar-refractivity contribution in [2.24, 2.45) is 0 Å². The Morgan fingerprint density at radius 3 is 2.71 bits per heavy atom. The van der Waals surface area contributed by atoms with Crippen molar-refractivity contribution >= 4 is 23.1 Å². The molecule has 0 fully saturated rings. The quantitative estimate of drug-likeness (QED) is 0.565. The van der Waals surface area contributed by atoms with E-state index in [-0.39, 0.29) is 0 Å². The Hall–Kier alpha value is -1.49. The summed E-state index contributed by atoms with van der Waals surface area (Å²) in [5.41, 5.74) is 2.36. The fraction of sp³-hybridized carbons (Fsp3) is 0.176. The zero-order chi connectivity index (χ0) is 14.5. The molecule has 0 bridgehead atoms. The van der Waals surface area contributed by atoms with E-state index in [4.69, 9.17) is 9.15 Å². The molecule has 0 aliphatic heterocycles. The molecule has 0 saturated carbocycles. The minimum atomic E-state index is 0.583. The smallest absolute Gasteiger partial charge is 0.148 e. The van der Waals surface area contributed by atoms with E-state index < -0.39 is 0 Å². The third-order valence-corrected chi connectivity index (χ3v) is 5.06. The summed E-state index contributed by atoms with van der Waals surface area (Å²) >= 11 is 3.52. The first kappa shape index (κ1) is 14.4. The number of thiophene rings is 1. The van der Waals surface area contributed by atoms with E-state index in [0.29, 0.717) is 6.61 Å². The highest BCUT2D eigenvalue weighted by Gasteiger charge is 2.16. The monoisotopic (exact) mass is 316 g/mol. The van der Waals surface area contributed by atoms with Crippen LogP contribution in [0.4, 0.5) is 0 Å². The first-order chi connectivity index (χ1) is 10.4. The number of methoxy groups -OCH3 is 1. The summed E-state index contributed by atoms with van der Waals surface area (Å²) < 4.78 is 11.1. The Morgan fingerprint density at radius 1 is 1.14 bits per heavy atom. The van der Waals surface area contributed by atoms with Gasteiger partial charge in [-0.1, -0.05) is 24.3 Å². The number of ether oxygens (including phenoxy) is 1. The summed E-state index contributed by atoms with van der Waals surface area (Å²) in [5.74, 6) is 1.85. The molecule has 0 aliphatic carbocycles. The summed E-state index contributed by atoms with van der Waals surface area (Å²) in [5, 5.41) is 2.07. The number of thioether (sulfide) groups is 1. The number of hydrogen-bond acceptors (Lipinski definition) is 4. The molecule has 21 heavy (non-hydrogen) atoms. The summed E-state index contributed by atoms with van der Waals surface area (Å²) in [6, 6.07) is 14.6. The van der Waals surface area contributed by atoms with Crippen LogP contribution < -0.4 is 0 Å². The summed E-state index contributed by atoms with van der Waals surface area (Å²) in [4.78, 5) is 2.43. The van der Waals surface area contributed by atoms with Gasteiger partial charge in [0.15, 0.2) is 0 Å². The molecule has 0 aliphatic rings. The summed E-state index contributed by atoms with van der Waals surface area (Å²) in [7, 11) is 1.71. The van der Waals surface area contributed by atoms with E-state index in [0.717, 1.165) is 17.1 Å². The van der Waals surface area contributed by atoms with Crippen LogP contribution in [0, 0.1) is 0 Å². The van der Waals surface area contributed by atoms with Crippen LogP contribution in [0.2, 0.25) is 0 Å². The minimum Gasteiger partial charge on any atom is -0.463 e. The van der Waals surface area contributed by atoms with Gasteiger partial charge < -0.3 is 9.15 Å². The van der Waals surface area contributed by atoms with Crippen molar-refractivity contribution in [2.75, 3.05) is 7.11 Å². The Kier molecular flexibility index (Phi) is 4.80. The Balaban J connectivity index is 1.86. The molecule has 2 heterocycles. The number of hydrogen-bond donors (Lipinski definition) is 0. The Labute approximate surface area is 132 Å². The van der Waals surface area contributed by atoms with Crippen LogP contribution in [0.3, 0.4) is 0 Å². The lowest BCUT2D eigenvalue weighted by Crippen LogP contribution is -1.91. The van der Waals surface area contributed by atoms with Gasteiger partial charge >= 0.3 is 0 Å². The molecular formula is C17H16O2S2. The van der Waals surface area contributed by atoms with E-state index >= 15 is 0 Å². The molecule has 0 N–H and O–H groups in total. The van der Waals surface area contributed by atoms with E-state index in [1.807, 2.05) is 30.2 Å². The predicted molar refractivity (Wildman–Crippen MR) is 88.7 cm³/mol. The van der Waals surface area contributed by atoms with Gasteiger partial charge in [-0.25, -0.2) is 0 Å². The topological polar surface area (TPSA) is 22.4 Å². The molecule has 0 unspecified atom stereocenters. The zero-order valence-electron chi connectivity index (χ0n) is 11.7. The molecule has 0 saturated heterocycles. The maximum atomic E-state index is 5.80. The van der Waals surface area contributed by atoms with E-state index in [1.54, 1.807) is 18.4 Å². The SMILES string of the molecule is COCc1coc(-c2cccs2)c1CSc1ccccc1. The van der Waals surface area contributed by atoms with Gasteiger partial charge in [0.1, 0.15) is 5.76 Å². The number of benzene rings is 1. The largest absolute Gasteiger partial charge is 0.463 e. The average molecular weight is 316 g/mol. The van der Waals surface area contributed by atoms with Crippen LogP contribution in [0.1, 0.15) is 11.1 Å². The van der Waals surface area contributed by atoms with Gasteiger partial charge in [0.05, 0.1) is 17.7 Å². The van der Waals surface area contributed by atoms with Crippen molar-refractivity contribution in [2.45, 2.75) is 17.3 Å². The van der Waals surface area contributed by atoms with Gasteiger partial charge in [0.2, 0.25) is 0 Å². The fourth-order valence-electron chi connectivity index (χ4n) is 2.14. The second-order valence-corrected chi connectivity index (χ2v) is 6.58. The highest BCUT2D eigenvalue weighted by atomic mass is 32.2. The lowest BCUT2D eigenvalue weighted by molar-refractivity contribution is 0.184. The van der Waals surface area contributed by atoms with Crippen LogP contribution in [0.5, 0.6) is 0 Å². The van der Waals surface area contributed by atoms with Crippen LogP contribution in [-0.4, -0.2) is 7.11 Å².